The average Bonchev–Trinajstić information content (AvgIpc) is 2.19. The second kappa shape index (κ2) is 3.74. The molecule has 2 heteroatoms. The molecule has 0 spiro atoms. The summed E-state index contributed by atoms with van der Waals surface area (Å²) in [6, 6.07) is 8.71. The molecule has 0 saturated heterocycles. The Bertz CT molecular complexity index is 374. The van der Waals surface area contributed by atoms with Gasteiger partial charge >= 0.3 is 0 Å². The topological polar surface area (TPSA) is 24.7 Å². The molecule has 2 nitrogen and oxygen atoms in total. The summed E-state index contributed by atoms with van der Waals surface area (Å²) in [5.41, 5.74) is 3.43. The monoisotopic (exact) mass is 186 g/mol. The molecule has 2 rings (SSSR count). The SMILES string of the molecule is Cc1ccc(C2=NC(C)CN=C2)cc1. The van der Waals surface area contributed by atoms with Crippen molar-refractivity contribution in [3.8, 4) is 0 Å². The summed E-state index contributed by atoms with van der Waals surface area (Å²) in [5.74, 6) is 0. The molecule has 1 unspecified atom stereocenters. The van der Waals surface area contributed by atoms with Crippen LogP contribution >= 0.6 is 0 Å². The second-order valence-corrected chi connectivity index (χ2v) is 3.72. The van der Waals surface area contributed by atoms with Crippen LogP contribution in [-0.2, 0) is 0 Å². The lowest BCUT2D eigenvalue weighted by molar-refractivity contribution is 0.752. The van der Waals surface area contributed by atoms with E-state index in [0.29, 0.717) is 6.04 Å². The van der Waals surface area contributed by atoms with E-state index in [9.17, 15) is 0 Å². The standard InChI is InChI=1S/C12H14N2/c1-9-3-5-11(6-4-9)12-8-13-7-10(2)14-12/h3-6,8,10H,7H2,1-2H3. The third-order valence-electron chi connectivity index (χ3n) is 2.29. The Morgan fingerprint density at radius 1 is 1.21 bits per heavy atom. The van der Waals surface area contributed by atoms with Crippen molar-refractivity contribution in [2.45, 2.75) is 19.9 Å². The maximum absolute atomic E-state index is 4.55. The van der Waals surface area contributed by atoms with Crippen LogP contribution in [-0.4, -0.2) is 24.5 Å². The highest BCUT2D eigenvalue weighted by Crippen LogP contribution is 2.07. The molecule has 1 aliphatic rings. The van der Waals surface area contributed by atoms with E-state index in [4.69, 9.17) is 0 Å². The fourth-order valence-electron chi connectivity index (χ4n) is 1.48. The maximum Gasteiger partial charge on any atom is 0.0828 e. The first-order valence-corrected chi connectivity index (χ1v) is 4.90. The van der Waals surface area contributed by atoms with Gasteiger partial charge in [-0.15, -0.1) is 0 Å². The van der Waals surface area contributed by atoms with Crippen LogP contribution in [0.1, 0.15) is 18.1 Å². The summed E-state index contributed by atoms with van der Waals surface area (Å²) in [6.07, 6.45) is 1.87. The normalized spacial score (nSPS) is 20.7. The van der Waals surface area contributed by atoms with Crippen molar-refractivity contribution in [1.82, 2.24) is 0 Å². The largest absolute Gasteiger partial charge is 0.289 e. The minimum atomic E-state index is 0.316. The smallest absolute Gasteiger partial charge is 0.0828 e. The number of hydrogen-bond donors (Lipinski definition) is 0. The van der Waals surface area contributed by atoms with Gasteiger partial charge in [-0.1, -0.05) is 29.8 Å². The van der Waals surface area contributed by atoms with E-state index in [1.165, 1.54) is 5.56 Å². The van der Waals surface area contributed by atoms with Crippen molar-refractivity contribution >= 4 is 11.9 Å². The Kier molecular flexibility index (Phi) is 2.44. The van der Waals surface area contributed by atoms with Crippen LogP contribution in [0.5, 0.6) is 0 Å². The summed E-state index contributed by atoms with van der Waals surface area (Å²) < 4.78 is 0. The van der Waals surface area contributed by atoms with Crippen LogP contribution in [0.25, 0.3) is 0 Å². The molecule has 0 saturated carbocycles. The van der Waals surface area contributed by atoms with Gasteiger partial charge in [0.1, 0.15) is 0 Å². The van der Waals surface area contributed by atoms with Crippen molar-refractivity contribution < 1.29 is 0 Å². The lowest BCUT2D eigenvalue weighted by Gasteiger charge is -2.11. The first-order valence-electron chi connectivity index (χ1n) is 4.90. The molecule has 1 aromatic rings. The van der Waals surface area contributed by atoms with Gasteiger partial charge in [-0.2, -0.15) is 0 Å². The van der Waals surface area contributed by atoms with Gasteiger partial charge in [-0.25, -0.2) is 0 Å². The van der Waals surface area contributed by atoms with Crippen LogP contribution in [0.15, 0.2) is 34.3 Å². The summed E-state index contributed by atoms with van der Waals surface area (Å²) in [6.45, 7) is 4.99. The molecule has 1 aromatic carbocycles. The molecule has 1 heterocycles. The Morgan fingerprint density at radius 2 is 1.93 bits per heavy atom. The molecule has 0 bridgehead atoms. The van der Waals surface area contributed by atoms with Gasteiger partial charge in [0.2, 0.25) is 0 Å². The highest BCUT2D eigenvalue weighted by molar-refractivity contribution is 6.38. The minimum absolute atomic E-state index is 0.316. The summed E-state index contributed by atoms with van der Waals surface area (Å²) in [4.78, 5) is 8.83. The van der Waals surface area contributed by atoms with Gasteiger partial charge in [0.25, 0.3) is 0 Å². The second-order valence-electron chi connectivity index (χ2n) is 3.72. The van der Waals surface area contributed by atoms with Gasteiger partial charge in [0.05, 0.1) is 18.3 Å². The molecule has 14 heavy (non-hydrogen) atoms. The van der Waals surface area contributed by atoms with Gasteiger partial charge in [-0.05, 0) is 13.8 Å². The predicted molar refractivity (Wildman–Crippen MR) is 60.5 cm³/mol. The lowest BCUT2D eigenvalue weighted by Crippen LogP contribution is -2.16. The van der Waals surface area contributed by atoms with Crippen molar-refractivity contribution in [1.29, 1.82) is 0 Å². The first kappa shape index (κ1) is 9.13. The van der Waals surface area contributed by atoms with Crippen molar-refractivity contribution in [3.63, 3.8) is 0 Å². The summed E-state index contributed by atoms with van der Waals surface area (Å²) in [5, 5.41) is 0. The van der Waals surface area contributed by atoms with E-state index < -0.39 is 0 Å². The van der Waals surface area contributed by atoms with E-state index in [0.717, 1.165) is 17.8 Å². The fraction of sp³-hybridized carbons (Fsp3) is 0.333. The zero-order chi connectivity index (χ0) is 9.97. The van der Waals surface area contributed by atoms with E-state index >= 15 is 0 Å². The van der Waals surface area contributed by atoms with Crippen molar-refractivity contribution in [2.75, 3.05) is 6.54 Å². The van der Waals surface area contributed by atoms with Gasteiger partial charge in [-0.3, -0.25) is 9.98 Å². The molecule has 0 N–H and O–H groups in total. The number of nitrogens with zero attached hydrogens (tertiary/aromatic N) is 2. The number of hydrogen-bond acceptors (Lipinski definition) is 2. The molecular formula is C12H14N2. The maximum atomic E-state index is 4.55. The first-order chi connectivity index (χ1) is 6.75. The van der Waals surface area contributed by atoms with Crippen molar-refractivity contribution in [2.24, 2.45) is 9.98 Å². The Balaban J connectivity index is 2.31. The predicted octanol–water partition coefficient (Wildman–Crippen LogP) is 2.26. The van der Waals surface area contributed by atoms with Crippen LogP contribution in [0.2, 0.25) is 0 Å². The quantitative estimate of drug-likeness (QED) is 0.642. The van der Waals surface area contributed by atoms with Gasteiger partial charge < -0.3 is 0 Å². The fourth-order valence-corrected chi connectivity index (χ4v) is 1.48. The summed E-state index contributed by atoms with van der Waals surface area (Å²) >= 11 is 0. The van der Waals surface area contributed by atoms with E-state index in [2.05, 4.69) is 48.1 Å². The molecule has 0 fully saturated rings. The van der Waals surface area contributed by atoms with Crippen LogP contribution in [0.4, 0.5) is 0 Å². The molecule has 0 amide bonds. The molecule has 72 valence electrons. The van der Waals surface area contributed by atoms with Crippen LogP contribution in [0, 0.1) is 6.92 Å². The number of aliphatic imine (C=N–C) groups is 2. The van der Waals surface area contributed by atoms with E-state index in [-0.39, 0.29) is 0 Å². The highest BCUT2D eigenvalue weighted by Gasteiger charge is 2.07. The van der Waals surface area contributed by atoms with Crippen molar-refractivity contribution in [3.05, 3.63) is 35.4 Å². The third-order valence-corrected chi connectivity index (χ3v) is 2.29. The van der Waals surface area contributed by atoms with Crippen LogP contribution < -0.4 is 0 Å². The molecule has 1 aliphatic heterocycles. The Labute approximate surface area is 84.4 Å². The lowest BCUT2D eigenvalue weighted by atomic mass is 10.1. The Hall–Kier alpha value is -1.44. The zero-order valence-electron chi connectivity index (χ0n) is 8.57. The molecular weight excluding hydrogens is 172 g/mol. The highest BCUT2D eigenvalue weighted by atomic mass is 14.9. The molecule has 1 atom stereocenters. The third kappa shape index (κ3) is 1.90. The number of rotatable bonds is 1. The number of aryl methyl sites for hydroxylation is 1. The molecule has 0 radical (unpaired) electrons. The van der Waals surface area contributed by atoms with Gasteiger partial charge in [0.15, 0.2) is 0 Å². The van der Waals surface area contributed by atoms with Crippen LogP contribution in [0.3, 0.4) is 0 Å². The average molecular weight is 186 g/mol. The van der Waals surface area contributed by atoms with Gasteiger partial charge in [0, 0.05) is 11.8 Å². The molecule has 0 aliphatic carbocycles. The number of benzene rings is 1. The minimum Gasteiger partial charge on any atom is -0.289 e. The van der Waals surface area contributed by atoms with E-state index in [1.54, 1.807) is 0 Å². The summed E-state index contributed by atoms with van der Waals surface area (Å²) in [7, 11) is 0. The zero-order valence-corrected chi connectivity index (χ0v) is 8.57. The Morgan fingerprint density at radius 3 is 2.57 bits per heavy atom. The molecule has 0 aromatic heterocycles. The van der Waals surface area contributed by atoms with E-state index in [1.807, 2.05) is 6.21 Å².